The summed E-state index contributed by atoms with van der Waals surface area (Å²) >= 11 is 0. The van der Waals surface area contributed by atoms with E-state index in [1.54, 1.807) is 0 Å². The fourth-order valence-corrected chi connectivity index (χ4v) is 3.33. The molecule has 1 aliphatic carbocycles. The maximum Gasteiger partial charge on any atom is 0.323 e. The van der Waals surface area contributed by atoms with Crippen molar-refractivity contribution in [2.75, 3.05) is 19.8 Å². The van der Waals surface area contributed by atoms with Gasteiger partial charge in [-0.1, -0.05) is 26.2 Å². The Morgan fingerprint density at radius 3 is 2.88 bits per heavy atom. The summed E-state index contributed by atoms with van der Waals surface area (Å²) in [6.45, 7) is 4.02. The third-order valence-electron chi connectivity index (χ3n) is 4.27. The second-order valence-electron chi connectivity index (χ2n) is 5.19. The van der Waals surface area contributed by atoms with Crippen LogP contribution in [0.5, 0.6) is 0 Å². The van der Waals surface area contributed by atoms with E-state index in [9.17, 15) is 9.90 Å². The van der Waals surface area contributed by atoms with E-state index in [4.69, 9.17) is 4.74 Å². The molecule has 3 atom stereocenters. The maximum atomic E-state index is 11.3. The van der Waals surface area contributed by atoms with Crippen molar-refractivity contribution in [1.82, 2.24) is 4.90 Å². The number of ether oxygens (including phenoxy) is 1. The molecule has 1 saturated heterocycles. The van der Waals surface area contributed by atoms with Crippen LogP contribution in [0.1, 0.15) is 39.0 Å². The number of carboxylic acid groups (broad SMARTS) is 1. The molecule has 0 amide bonds. The van der Waals surface area contributed by atoms with Crippen LogP contribution < -0.4 is 0 Å². The number of aliphatic carboxylic acids is 1. The molecule has 2 rings (SSSR count). The molecule has 4 nitrogen and oxygen atoms in total. The van der Waals surface area contributed by atoms with E-state index in [-0.39, 0.29) is 0 Å². The number of rotatable bonds is 3. The quantitative estimate of drug-likeness (QED) is 0.817. The minimum Gasteiger partial charge on any atom is -0.480 e. The van der Waals surface area contributed by atoms with Crippen molar-refractivity contribution in [3.63, 3.8) is 0 Å². The SMILES string of the molecule is CCC1CCCCC1N1CCOCC1C(=O)O. The molecule has 3 unspecified atom stereocenters. The van der Waals surface area contributed by atoms with Gasteiger partial charge in [-0.25, -0.2) is 0 Å². The normalized spacial score (nSPS) is 35.7. The molecule has 4 heteroatoms. The van der Waals surface area contributed by atoms with E-state index in [1.807, 2.05) is 0 Å². The summed E-state index contributed by atoms with van der Waals surface area (Å²) < 4.78 is 5.31. The van der Waals surface area contributed by atoms with Crippen LogP contribution >= 0.6 is 0 Å². The average Bonchev–Trinajstić information content (AvgIpc) is 2.38. The Morgan fingerprint density at radius 1 is 1.41 bits per heavy atom. The van der Waals surface area contributed by atoms with Crippen LogP contribution in [0.25, 0.3) is 0 Å². The minimum absolute atomic E-state index is 0.349. The molecule has 0 radical (unpaired) electrons. The van der Waals surface area contributed by atoms with E-state index >= 15 is 0 Å². The summed E-state index contributed by atoms with van der Waals surface area (Å²) in [6, 6.07) is 0.0275. The smallest absolute Gasteiger partial charge is 0.323 e. The molecular formula is C13H23NO3. The highest BCUT2D eigenvalue weighted by Crippen LogP contribution is 2.32. The highest BCUT2D eigenvalue weighted by atomic mass is 16.5. The van der Waals surface area contributed by atoms with Gasteiger partial charge in [-0.3, -0.25) is 9.69 Å². The molecule has 0 aromatic carbocycles. The van der Waals surface area contributed by atoms with E-state index in [2.05, 4.69) is 11.8 Å². The maximum absolute atomic E-state index is 11.3. The van der Waals surface area contributed by atoms with Gasteiger partial charge in [0.25, 0.3) is 0 Å². The number of carboxylic acids is 1. The van der Waals surface area contributed by atoms with Gasteiger partial charge in [0.15, 0.2) is 0 Å². The molecule has 1 aliphatic heterocycles. The molecule has 1 N–H and O–H groups in total. The van der Waals surface area contributed by atoms with Gasteiger partial charge in [0.2, 0.25) is 0 Å². The van der Waals surface area contributed by atoms with E-state index in [0.29, 0.717) is 25.2 Å². The zero-order valence-electron chi connectivity index (χ0n) is 10.6. The molecule has 98 valence electrons. The Balaban J connectivity index is 2.08. The summed E-state index contributed by atoms with van der Waals surface area (Å²) in [4.78, 5) is 13.5. The Hall–Kier alpha value is -0.610. The molecule has 1 heterocycles. The summed E-state index contributed by atoms with van der Waals surface area (Å²) in [6.07, 6.45) is 6.11. The van der Waals surface area contributed by atoms with E-state index in [0.717, 1.165) is 19.4 Å². The molecule has 0 aromatic heterocycles. The Bertz CT molecular complexity index is 269. The number of morpholine rings is 1. The molecular weight excluding hydrogens is 218 g/mol. The number of hydrogen-bond donors (Lipinski definition) is 1. The molecule has 2 fully saturated rings. The van der Waals surface area contributed by atoms with Crippen LogP contribution in [-0.2, 0) is 9.53 Å². The monoisotopic (exact) mass is 241 g/mol. The predicted octanol–water partition coefficient (Wildman–Crippen LogP) is 1.74. The molecule has 0 spiro atoms. The lowest BCUT2D eigenvalue weighted by Crippen LogP contribution is -2.56. The van der Waals surface area contributed by atoms with Crippen LogP contribution in [0.15, 0.2) is 0 Å². The highest BCUT2D eigenvalue weighted by Gasteiger charge is 2.37. The highest BCUT2D eigenvalue weighted by molar-refractivity contribution is 5.73. The van der Waals surface area contributed by atoms with Crippen molar-refractivity contribution in [2.45, 2.75) is 51.1 Å². The van der Waals surface area contributed by atoms with Crippen LogP contribution in [0, 0.1) is 5.92 Å². The minimum atomic E-state index is -0.731. The first-order valence-corrected chi connectivity index (χ1v) is 6.80. The molecule has 0 bridgehead atoms. The fourth-order valence-electron chi connectivity index (χ4n) is 3.33. The summed E-state index contributed by atoms with van der Waals surface area (Å²) in [5.41, 5.74) is 0. The zero-order chi connectivity index (χ0) is 12.3. The van der Waals surface area contributed by atoms with Crippen LogP contribution in [-0.4, -0.2) is 47.8 Å². The topological polar surface area (TPSA) is 49.8 Å². The first-order chi connectivity index (χ1) is 8.24. The summed E-state index contributed by atoms with van der Waals surface area (Å²) in [5.74, 6) is -0.0613. The van der Waals surface area contributed by atoms with Gasteiger partial charge < -0.3 is 9.84 Å². The van der Waals surface area contributed by atoms with Gasteiger partial charge in [0.1, 0.15) is 6.04 Å². The standard InChI is InChI=1S/C13H23NO3/c1-2-10-5-3-4-6-11(10)14-7-8-17-9-12(14)13(15)16/h10-12H,2-9H2,1H3,(H,15,16). The van der Waals surface area contributed by atoms with Crippen LogP contribution in [0.4, 0.5) is 0 Å². The number of nitrogens with zero attached hydrogens (tertiary/aromatic N) is 1. The van der Waals surface area contributed by atoms with Gasteiger partial charge in [0, 0.05) is 12.6 Å². The van der Waals surface area contributed by atoms with Crippen molar-refractivity contribution in [3.05, 3.63) is 0 Å². The van der Waals surface area contributed by atoms with Gasteiger partial charge in [-0.05, 0) is 18.8 Å². The predicted molar refractivity (Wildman–Crippen MR) is 65.0 cm³/mol. The van der Waals surface area contributed by atoms with Crippen molar-refractivity contribution in [3.8, 4) is 0 Å². The van der Waals surface area contributed by atoms with Gasteiger partial charge in [-0.15, -0.1) is 0 Å². The van der Waals surface area contributed by atoms with Crippen molar-refractivity contribution in [1.29, 1.82) is 0 Å². The second kappa shape index (κ2) is 5.83. The average molecular weight is 241 g/mol. The van der Waals surface area contributed by atoms with E-state index < -0.39 is 12.0 Å². The molecule has 2 aliphatic rings. The summed E-state index contributed by atoms with van der Waals surface area (Å²) in [7, 11) is 0. The zero-order valence-corrected chi connectivity index (χ0v) is 10.6. The van der Waals surface area contributed by atoms with E-state index in [1.165, 1.54) is 19.3 Å². The number of carbonyl (C=O) groups is 1. The van der Waals surface area contributed by atoms with Gasteiger partial charge >= 0.3 is 5.97 Å². The van der Waals surface area contributed by atoms with Crippen LogP contribution in [0.3, 0.4) is 0 Å². The van der Waals surface area contributed by atoms with Gasteiger partial charge in [0.05, 0.1) is 13.2 Å². The summed E-state index contributed by atoms with van der Waals surface area (Å²) in [5, 5.41) is 9.28. The lowest BCUT2D eigenvalue weighted by atomic mass is 9.81. The van der Waals surface area contributed by atoms with Crippen LogP contribution in [0.2, 0.25) is 0 Å². The molecule has 17 heavy (non-hydrogen) atoms. The fraction of sp³-hybridized carbons (Fsp3) is 0.923. The first kappa shape index (κ1) is 12.8. The van der Waals surface area contributed by atoms with Crippen molar-refractivity contribution < 1.29 is 14.6 Å². The largest absolute Gasteiger partial charge is 0.480 e. The second-order valence-corrected chi connectivity index (χ2v) is 5.19. The lowest BCUT2D eigenvalue weighted by molar-refractivity contribution is -0.153. The Morgan fingerprint density at radius 2 is 2.18 bits per heavy atom. The molecule has 0 aromatic rings. The third kappa shape index (κ3) is 2.80. The Kier molecular flexibility index (Phi) is 4.40. The van der Waals surface area contributed by atoms with Gasteiger partial charge in [-0.2, -0.15) is 0 Å². The Labute approximate surface area is 103 Å². The molecule has 1 saturated carbocycles. The van der Waals surface area contributed by atoms with Crippen molar-refractivity contribution in [2.24, 2.45) is 5.92 Å². The third-order valence-corrected chi connectivity index (χ3v) is 4.27. The van der Waals surface area contributed by atoms with Crippen molar-refractivity contribution >= 4 is 5.97 Å². The number of hydrogen-bond acceptors (Lipinski definition) is 3. The first-order valence-electron chi connectivity index (χ1n) is 6.80. The lowest BCUT2D eigenvalue weighted by Gasteiger charge is -2.44.